The van der Waals surface area contributed by atoms with Crippen molar-refractivity contribution < 1.29 is 13.2 Å². The van der Waals surface area contributed by atoms with Gasteiger partial charge in [0.1, 0.15) is 5.75 Å². The highest BCUT2D eigenvalue weighted by Crippen LogP contribution is 2.38. The Balaban J connectivity index is 1.92. The average Bonchev–Trinajstić information content (AvgIpc) is 3.07. The maximum Gasteiger partial charge on any atom is 0.175 e. The summed E-state index contributed by atoms with van der Waals surface area (Å²) in [5.41, 5.74) is 5.08. The number of methoxy groups -OCH3 is 1. The van der Waals surface area contributed by atoms with Gasteiger partial charge < -0.3 is 9.72 Å². The molecule has 0 spiro atoms. The maximum absolute atomic E-state index is 11.8. The number of fused-ring (bicyclic) bond motifs is 1. The van der Waals surface area contributed by atoms with E-state index in [2.05, 4.69) is 11.1 Å². The predicted molar refractivity (Wildman–Crippen MR) is 109 cm³/mol. The number of sulfone groups is 1. The molecule has 27 heavy (non-hydrogen) atoms. The first-order chi connectivity index (χ1) is 13.0. The van der Waals surface area contributed by atoms with Crippen LogP contribution in [0.5, 0.6) is 5.75 Å². The van der Waals surface area contributed by atoms with Crippen molar-refractivity contribution in [3.8, 4) is 28.1 Å². The second-order valence-corrected chi connectivity index (χ2v) is 8.46. The molecule has 5 heteroatoms. The first-order valence-electron chi connectivity index (χ1n) is 8.53. The van der Waals surface area contributed by atoms with E-state index in [-0.39, 0.29) is 0 Å². The van der Waals surface area contributed by atoms with Crippen molar-refractivity contribution in [3.63, 3.8) is 0 Å². The molecule has 1 N–H and O–H groups in total. The van der Waals surface area contributed by atoms with E-state index in [0.717, 1.165) is 39.0 Å². The van der Waals surface area contributed by atoms with Gasteiger partial charge in [0.25, 0.3) is 0 Å². The number of benzene rings is 3. The Hall–Kier alpha value is -3.05. The van der Waals surface area contributed by atoms with Crippen molar-refractivity contribution in [1.29, 1.82) is 0 Å². The minimum Gasteiger partial charge on any atom is -0.497 e. The third-order valence-corrected chi connectivity index (χ3v) is 5.78. The van der Waals surface area contributed by atoms with E-state index in [4.69, 9.17) is 4.74 Å². The molecule has 4 nitrogen and oxygen atoms in total. The number of hydrogen-bond acceptors (Lipinski definition) is 3. The molecule has 0 atom stereocenters. The van der Waals surface area contributed by atoms with Gasteiger partial charge in [-0.05, 0) is 41.5 Å². The monoisotopic (exact) mass is 377 g/mol. The van der Waals surface area contributed by atoms with Crippen molar-refractivity contribution in [1.82, 2.24) is 4.98 Å². The summed E-state index contributed by atoms with van der Waals surface area (Å²) in [7, 11) is -1.57. The van der Waals surface area contributed by atoms with Gasteiger partial charge in [-0.1, -0.05) is 42.5 Å². The normalized spacial score (nSPS) is 11.6. The molecule has 0 saturated heterocycles. The number of para-hydroxylation sites is 1. The second-order valence-electron chi connectivity index (χ2n) is 6.45. The molecule has 0 aliphatic rings. The number of aromatic amines is 1. The summed E-state index contributed by atoms with van der Waals surface area (Å²) in [5, 5.41) is 1.12. The largest absolute Gasteiger partial charge is 0.497 e. The number of nitrogens with one attached hydrogen (secondary N) is 1. The van der Waals surface area contributed by atoms with Crippen LogP contribution in [0.4, 0.5) is 0 Å². The van der Waals surface area contributed by atoms with E-state index in [1.165, 1.54) is 6.26 Å². The SMILES string of the molecule is COc1ccc(-c2c(-c3ccc(S(C)(=O)=O)cc3)[nH]c3ccccc23)cc1. The van der Waals surface area contributed by atoms with E-state index in [9.17, 15) is 8.42 Å². The number of aromatic nitrogens is 1. The lowest BCUT2D eigenvalue weighted by molar-refractivity contribution is 0.415. The van der Waals surface area contributed by atoms with Crippen molar-refractivity contribution in [2.24, 2.45) is 0 Å². The summed E-state index contributed by atoms with van der Waals surface area (Å²) in [6.45, 7) is 0. The highest BCUT2D eigenvalue weighted by molar-refractivity contribution is 7.90. The minimum atomic E-state index is -3.22. The van der Waals surface area contributed by atoms with Crippen molar-refractivity contribution in [2.45, 2.75) is 4.90 Å². The van der Waals surface area contributed by atoms with Crippen LogP contribution in [-0.2, 0) is 9.84 Å². The van der Waals surface area contributed by atoms with Gasteiger partial charge in [0.2, 0.25) is 0 Å². The van der Waals surface area contributed by atoms with Crippen LogP contribution in [0.25, 0.3) is 33.3 Å². The van der Waals surface area contributed by atoms with E-state index in [1.807, 2.05) is 54.6 Å². The first kappa shape index (κ1) is 17.4. The van der Waals surface area contributed by atoms with Crippen LogP contribution >= 0.6 is 0 Å². The van der Waals surface area contributed by atoms with Gasteiger partial charge in [-0.25, -0.2) is 8.42 Å². The fraction of sp³-hybridized carbons (Fsp3) is 0.0909. The molecule has 0 aliphatic heterocycles. The Morgan fingerprint density at radius 3 is 2.07 bits per heavy atom. The van der Waals surface area contributed by atoms with E-state index < -0.39 is 9.84 Å². The fourth-order valence-corrected chi connectivity index (χ4v) is 3.92. The van der Waals surface area contributed by atoms with Crippen LogP contribution in [0, 0.1) is 0 Å². The standard InChI is InChI=1S/C22H19NO3S/c1-26-17-11-7-15(8-12-17)21-19-5-3-4-6-20(19)23-22(21)16-9-13-18(14-10-16)27(2,24)25/h3-14,23H,1-2H3. The molecule has 0 saturated carbocycles. The first-order valence-corrected chi connectivity index (χ1v) is 10.4. The molecule has 3 aromatic carbocycles. The van der Waals surface area contributed by atoms with Crippen molar-refractivity contribution >= 4 is 20.7 Å². The van der Waals surface area contributed by atoms with Gasteiger partial charge in [-0.2, -0.15) is 0 Å². The molecular formula is C22H19NO3S. The molecule has 0 bridgehead atoms. The molecule has 0 aliphatic carbocycles. The van der Waals surface area contributed by atoms with Crippen LogP contribution in [0.1, 0.15) is 0 Å². The van der Waals surface area contributed by atoms with E-state index in [1.54, 1.807) is 19.2 Å². The zero-order valence-electron chi connectivity index (χ0n) is 15.1. The Kier molecular flexibility index (Phi) is 4.24. The number of hydrogen-bond donors (Lipinski definition) is 1. The molecule has 1 aromatic heterocycles. The molecule has 0 radical (unpaired) electrons. The van der Waals surface area contributed by atoms with E-state index >= 15 is 0 Å². The fourth-order valence-electron chi connectivity index (χ4n) is 3.28. The predicted octanol–water partition coefficient (Wildman–Crippen LogP) is 4.91. The molecule has 0 unspecified atom stereocenters. The molecule has 0 amide bonds. The molecule has 136 valence electrons. The Bertz CT molecular complexity index is 1200. The van der Waals surface area contributed by atoms with Crippen molar-refractivity contribution in [2.75, 3.05) is 13.4 Å². The lowest BCUT2D eigenvalue weighted by Gasteiger charge is -2.08. The average molecular weight is 377 g/mol. The molecule has 0 fully saturated rings. The van der Waals surface area contributed by atoms with Gasteiger partial charge in [0.15, 0.2) is 9.84 Å². The summed E-state index contributed by atoms with van der Waals surface area (Å²) in [6.07, 6.45) is 1.22. The lowest BCUT2D eigenvalue weighted by Crippen LogP contribution is -1.96. The van der Waals surface area contributed by atoms with Gasteiger partial charge in [0.05, 0.1) is 17.7 Å². The molecule has 1 heterocycles. The molecule has 4 aromatic rings. The zero-order chi connectivity index (χ0) is 19.0. The highest BCUT2D eigenvalue weighted by Gasteiger charge is 2.16. The van der Waals surface area contributed by atoms with Crippen LogP contribution < -0.4 is 4.74 Å². The van der Waals surface area contributed by atoms with Gasteiger partial charge in [-0.15, -0.1) is 0 Å². The topological polar surface area (TPSA) is 59.2 Å². The Labute approximate surface area is 158 Å². The second kappa shape index (κ2) is 6.59. The van der Waals surface area contributed by atoms with Crippen LogP contribution in [0.15, 0.2) is 77.7 Å². The molecule has 4 rings (SSSR count). The molecular weight excluding hydrogens is 358 g/mol. The highest BCUT2D eigenvalue weighted by atomic mass is 32.2. The number of ether oxygens (including phenoxy) is 1. The van der Waals surface area contributed by atoms with Crippen LogP contribution in [0.3, 0.4) is 0 Å². The minimum absolute atomic E-state index is 0.313. The zero-order valence-corrected chi connectivity index (χ0v) is 15.9. The summed E-state index contributed by atoms with van der Waals surface area (Å²) in [4.78, 5) is 3.80. The summed E-state index contributed by atoms with van der Waals surface area (Å²) in [6, 6.07) is 23.0. The van der Waals surface area contributed by atoms with Crippen molar-refractivity contribution in [3.05, 3.63) is 72.8 Å². The smallest absolute Gasteiger partial charge is 0.175 e. The third-order valence-electron chi connectivity index (χ3n) is 4.66. The summed E-state index contributed by atoms with van der Waals surface area (Å²) in [5.74, 6) is 0.803. The lowest BCUT2D eigenvalue weighted by atomic mass is 9.98. The van der Waals surface area contributed by atoms with Crippen LogP contribution in [0.2, 0.25) is 0 Å². The third kappa shape index (κ3) is 3.22. The van der Waals surface area contributed by atoms with Crippen LogP contribution in [-0.4, -0.2) is 26.8 Å². The summed E-state index contributed by atoms with van der Waals surface area (Å²) < 4.78 is 28.8. The van der Waals surface area contributed by atoms with Gasteiger partial charge in [-0.3, -0.25) is 0 Å². The quantitative estimate of drug-likeness (QED) is 0.549. The maximum atomic E-state index is 11.8. The number of rotatable bonds is 4. The van der Waals surface area contributed by atoms with Gasteiger partial charge in [0, 0.05) is 22.7 Å². The summed E-state index contributed by atoms with van der Waals surface area (Å²) >= 11 is 0. The van der Waals surface area contributed by atoms with E-state index in [0.29, 0.717) is 4.90 Å². The Morgan fingerprint density at radius 2 is 1.44 bits per heavy atom. The Morgan fingerprint density at radius 1 is 0.815 bits per heavy atom. The van der Waals surface area contributed by atoms with Gasteiger partial charge >= 0.3 is 0 Å². The number of H-pyrrole nitrogens is 1.